The predicted octanol–water partition coefficient (Wildman–Crippen LogP) is 1.41. The van der Waals surface area contributed by atoms with Gasteiger partial charge in [-0.05, 0) is 49.8 Å². The molecule has 0 amide bonds. The molecule has 25 heavy (non-hydrogen) atoms. The Hall–Kier alpha value is -1.52. The van der Waals surface area contributed by atoms with Gasteiger partial charge in [0.15, 0.2) is 0 Å². The number of carbonyl (C=O) groups is 1. The Morgan fingerprint density at radius 2 is 1.76 bits per heavy atom. The number of carboxylic acids is 1. The molecular formula is C15H20FNO6S2. The number of sulfone groups is 1. The molecule has 0 saturated heterocycles. The van der Waals surface area contributed by atoms with E-state index in [1.807, 2.05) is 0 Å². The first-order chi connectivity index (χ1) is 11.5. The molecule has 7 nitrogen and oxygen atoms in total. The van der Waals surface area contributed by atoms with Gasteiger partial charge in [0, 0.05) is 12.3 Å². The first-order valence-electron chi connectivity index (χ1n) is 7.70. The molecule has 1 saturated carbocycles. The summed E-state index contributed by atoms with van der Waals surface area (Å²) in [6.45, 7) is 0. The summed E-state index contributed by atoms with van der Waals surface area (Å²) in [6.07, 6.45) is 3.26. The normalized spacial score (nSPS) is 21.8. The Kier molecular flexibility index (Phi) is 5.85. The van der Waals surface area contributed by atoms with Crippen LogP contribution in [-0.4, -0.2) is 46.0 Å². The van der Waals surface area contributed by atoms with Gasteiger partial charge in [-0.2, -0.15) is 0 Å². The molecule has 1 aromatic carbocycles. The van der Waals surface area contributed by atoms with Gasteiger partial charge in [0.25, 0.3) is 0 Å². The standard InChI is InChI=1S/C15H20FNO6S2/c1-24(20,21)9-10-2-4-13(5-3-10)17-25(22,23)14-7-11(15(18)19)6-12(16)8-14/h6-8,10,13,17H,2-5,9H2,1H3,(H,18,19). The van der Waals surface area contributed by atoms with Crippen LogP contribution in [0.15, 0.2) is 23.1 Å². The summed E-state index contributed by atoms with van der Waals surface area (Å²) in [7, 11) is -7.14. The van der Waals surface area contributed by atoms with Crippen molar-refractivity contribution in [3.63, 3.8) is 0 Å². The lowest BCUT2D eigenvalue weighted by Crippen LogP contribution is -2.38. The van der Waals surface area contributed by atoms with Crippen molar-refractivity contribution in [2.45, 2.75) is 36.6 Å². The Morgan fingerprint density at radius 1 is 1.16 bits per heavy atom. The molecule has 140 valence electrons. The Labute approximate surface area is 146 Å². The van der Waals surface area contributed by atoms with Crippen molar-refractivity contribution < 1.29 is 31.1 Å². The number of hydrogen-bond acceptors (Lipinski definition) is 5. The third kappa shape index (κ3) is 5.75. The molecule has 2 rings (SSSR count). The topological polar surface area (TPSA) is 118 Å². The van der Waals surface area contributed by atoms with E-state index in [4.69, 9.17) is 5.11 Å². The lowest BCUT2D eigenvalue weighted by atomic mass is 9.88. The van der Waals surface area contributed by atoms with Gasteiger partial charge in [0.05, 0.1) is 16.2 Å². The average Bonchev–Trinajstić information content (AvgIpc) is 2.47. The van der Waals surface area contributed by atoms with E-state index >= 15 is 0 Å². The molecule has 2 N–H and O–H groups in total. The third-order valence-electron chi connectivity index (χ3n) is 4.14. The highest BCUT2D eigenvalue weighted by atomic mass is 32.2. The van der Waals surface area contributed by atoms with Gasteiger partial charge in [-0.25, -0.2) is 30.7 Å². The van der Waals surface area contributed by atoms with Crippen LogP contribution in [0.1, 0.15) is 36.0 Å². The van der Waals surface area contributed by atoms with Crippen molar-refractivity contribution in [1.29, 1.82) is 0 Å². The van der Waals surface area contributed by atoms with E-state index in [1.165, 1.54) is 6.26 Å². The van der Waals surface area contributed by atoms with E-state index in [1.54, 1.807) is 0 Å². The van der Waals surface area contributed by atoms with Crippen molar-refractivity contribution in [2.75, 3.05) is 12.0 Å². The van der Waals surface area contributed by atoms with Gasteiger partial charge in [0.1, 0.15) is 15.7 Å². The fourth-order valence-corrected chi connectivity index (χ4v) is 5.55. The SMILES string of the molecule is CS(=O)(=O)CC1CCC(NS(=O)(=O)c2cc(F)cc(C(=O)O)c2)CC1. The van der Waals surface area contributed by atoms with Crippen LogP contribution in [-0.2, 0) is 19.9 Å². The summed E-state index contributed by atoms with van der Waals surface area (Å²) in [6, 6.07) is 2.03. The van der Waals surface area contributed by atoms with Gasteiger partial charge in [-0.3, -0.25) is 0 Å². The summed E-state index contributed by atoms with van der Waals surface area (Å²) in [4.78, 5) is 10.5. The Bertz CT molecular complexity index is 858. The van der Waals surface area contributed by atoms with E-state index in [2.05, 4.69) is 4.72 Å². The van der Waals surface area contributed by atoms with Gasteiger partial charge in [0.2, 0.25) is 10.0 Å². The van der Waals surface area contributed by atoms with Crippen molar-refractivity contribution >= 4 is 25.8 Å². The molecule has 0 spiro atoms. The quantitative estimate of drug-likeness (QED) is 0.754. The molecule has 0 unspecified atom stereocenters. The van der Waals surface area contributed by atoms with Crippen LogP contribution in [0.25, 0.3) is 0 Å². The second-order valence-electron chi connectivity index (χ2n) is 6.41. The number of rotatable bonds is 6. The minimum Gasteiger partial charge on any atom is -0.478 e. The number of aromatic carboxylic acids is 1. The van der Waals surface area contributed by atoms with Gasteiger partial charge in [-0.1, -0.05) is 0 Å². The average molecular weight is 393 g/mol. The largest absolute Gasteiger partial charge is 0.478 e. The summed E-state index contributed by atoms with van der Waals surface area (Å²) >= 11 is 0. The van der Waals surface area contributed by atoms with Crippen molar-refractivity contribution in [2.24, 2.45) is 5.92 Å². The second-order valence-corrected chi connectivity index (χ2v) is 10.3. The maximum atomic E-state index is 13.5. The molecule has 0 aliphatic heterocycles. The van der Waals surface area contributed by atoms with Crippen LogP contribution < -0.4 is 4.72 Å². The lowest BCUT2D eigenvalue weighted by molar-refractivity contribution is 0.0696. The van der Waals surface area contributed by atoms with Crippen LogP contribution >= 0.6 is 0 Å². The number of hydrogen-bond donors (Lipinski definition) is 2. The molecular weight excluding hydrogens is 373 g/mol. The number of nitrogens with one attached hydrogen (secondary N) is 1. The van der Waals surface area contributed by atoms with Gasteiger partial charge in [-0.15, -0.1) is 0 Å². The predicted molar refractivity (Wildman–Crippen MR) is 89.1 cm³/mol. The highest BCUT2D eigenvalue weighted by Gasteiger charge is 2.28. The zero-order valence-electron chi connectivity index (χ0n) is 13.6. The first-order valence-corrected chi connectivity index (χ1v) is 11.2. The Morgan fingerprint density at radius 3 is 2.28 bits per heavy atom. The number of benzene rings is 1. The Balaban J connectivity index is 2.07. The monoisotopic (exact) mass is 393 g/mol. The van der Waals surface area contributed by atoms with Crippen LogP contribution in [0.4, 0.5) is 4.39 Å². The summed E-state index contributed by atoms with van der Waals surface area (Å²) < 4.78 is 63.3. The van der Waals surface area contributed by atoms with Crippen LogP contribution in [0.2, 0.25) is 0 Å². The number of carboxylic acid groups (broad SMARTS) is 1. The summed E-state index contributed by atoms with van der Waals surface area (Å²) in [5, 5.41) is 8.91. The maximum Gasteiger partial charge on any atom is 0.335 e. The van der Waals surface area contributed by atoms with E-state index in [-0.39, 0.29) is 11.7 Å². The summed E-state index contributed by atoms with van der Waals surface area (Å²) in [5.41, 5.74) is -0.447. The molecule has 1 fully saturated rings. The van der Waals surface area contributed by atoms with Gasteiger partial charge >= 0.3 is 5.97 Å². The zero-order valence-corrected chi connectivity index (χ0v) is 15.2. The third-order valence-corrected chi connectivity index (χ3v) is 6.71. The minimum absolute atomic E-state index is 0.00327. The van der Waals surface area contributed by atoms with E-state index in [0.717, 1.165) is 18.2 Å². The highest BCUT2D eigenvalue weighted by molar-refractivity contribution is 7.90. The molecule has 0 atom stereocenters. The van der Waals surface area contributed by atoms with E-state index < -0.39 is 48.1 Å². The van der Waals surface area contributed by atoms with Crippen LogP contribution in [0.3, 0.4) is 0 Å². The molecule has 0 radical (unpaired) electrons. The van der Waals surface area contributed by atoms with E-state index in [9.17, 15) is 26.0 Å². The van der Waals surface area contributed by atoms with Crippen LogP contribution in [0.5, 0.6) is 0 Å². The molecule has 0 aromatic heterocycles. The first kappa shape index (κ1) is 19.8. The molecule has 10 heteroatoms. The molecule has 1 aliphatic carbocycles. The minimum atomic E-state index is -4.06. The molecule has 0 heterocycles. The molecule has 1 aliphatic rings. The fourth-order valence-electron chi connectivity index (χ4n) is 3.00. The zero-order chi connectivity index (χ0) is 18.8. The lowest BCUT2D eigenvalue weighted by Gasteiger charge is -2.28. The summed E-state index contributed by atoms with van der Waals surface area (Å²) in [5.74, 6) is -2.28. The van der Waals surface area contributed by atoms with Crippen molar-refractivity contribution in [3.05, 3.63) is 29.6 Å². The fraction of sp³-hybridized carbons (Fsp3) is 0.533. The van der Waals surface area contributed by atoms with Gasteiger partial charge < -0.3 is 5.11 Å². The van der Waals surface area contributed by atoms with Crippen molar-refractivity contribution in [3.8, 4) is 0 Å². The number of sulfonamides is 1. The second kappa shape index (κ2) is 7.38. The maximum absolute atomic E-state index is 13.5. The number of halogens is 1. The smallest absolute Gasteiger partial charge is 0.335 e. The highest BCUT2D eigenvalue weighted by Crippen LogP contribution is 2.26. The molecule has 0 bridgehead atoms. The van der Waals surface area contributed by atoms with Crippen molar-refractivity contribution in [1.82, 2.24) is 4.72 Å². The molecule has 1 aromatic rings. The van der Waals surface area contributed by atoms with E-state index in [0.29, 0.717) is 25.7 Å². The van der Waals surface area contributed by atoms with Crippen LogP contribution in [0, 0.1) is 11.7 Å².